The number of nitrogens with one attached hydrogen (secondary N) is 1. The molecule has 1 amide bonds. The zero-order chi connectivity index (χ0) is 20.6. The highest BCUT2D eigenvalue weighted by atomic mass is 35.5. The number of benzene rings is 1. The molecule has 0 fully saturated rings. The van der Waals surface area contributed by atoms with Gasteiger partial charge in [-0.2, -0.15) is 4.98 Å². The molecule has 0 saturated heterocycles. The zero-order valence-corrected chi connectivity index (χ0v) is 17.2. The highest BCUT2D eigenvalue weighted by Crippen LogP contribution is 2.25. The van der Waals surface area contributed by atoms with Gasteiger partial charge in [0.2, 0.25) is 11.9 Å². The number of pyridine rings is 1. The smallest absolute Gasteiger partial charge is 0.271 e. The van der Waals surface area contributed by atoms with Gasteiger partial charge in [-0.15, -0.1) is 0 Å². The van der Waals surface area contributed by atoms with Gasteiger partial charge in [-0.25, -0.2) is 4.98 Å². The van der Waals surface area contributed by atoms with Gasteiger partial charge < -0.3 is 10.2 Å². The van der Waals surface area contributed by atoms with E-state index in [0.29, 0.717) is 17.0 Å². The molecule has 146 valence electrons. The van der Waals surface area contributed by atoms with Crippen LogP contribution in [0.3, 0.4) is 0 Å². The monoisotopic (exact) mass is 399 g/mol. The van der Waals surface area contributed by atoms with E-state index in [9.17, 15) is 9.59 Å². The van der Waals surface area contributed by atoms with Gasteiger partial charge >= 0.3 is 0 Å². The van der Waals surface area contributed by atoms with Crippen molar-refractivity contribution in [3.05, 3.63) is 51.4 Å². The van der Waals surface area contributed by atoms with Crippen molar-refractivity contribution in [1.82, 2.24) is 14.5 Å². The summed E-state index contributed by atoms with van der Waals surface area (Å²) in [6.45, 7) is 7.26. The van der Waals surface area contributed by atoms with Crippen molar-refractivity contribution in [2.24, 2.45) is 0 Å². The topological polar surface area (TPSA) is 80.1 Å². The second-order valence-corrected chi connectivity index (χ2v) is 7.34. The maximum atomic E-state index is 12.4. The molecule has 0 aliphatic heterocycles. The van der Waals surface area contributed by atoms with E-state index in [2.05, 4.69) is 15.3 Å². The first-order valence-electron chi connectivity index (χ1n) is 8.88. The van der Waals surface area contributed by atoms with E-state index in [-0.39, 0.29) is 22.5 Å². The highest BCUT2D eigenvalue weighted by molar-refractivity contribution is 6.31. The summed E-state index contributed by atoms with van der Waals surface area (Å²) in [7, 11) is 1.73. The van der Waals surface area contributed by atoms with E-state index in [4.69, 9.17) is 11.6 Å². The molecule has 2 aromatic heterocycles. The van der Waals surface area contributed by atoms with E-state index in [1.165, 1.54) is 6.92 Å². The van der Waals surface area contributed by atoms with Crippen molar-refractivity contribution in [2.45, 2.75) is 33.7 Å². The normalized spacial score (nSPS) is 11.1. The van der Waals surface area contributed by atoms with Crippen LogP contribution in [0.2, 0.25) is 5.02 Å². The Morgan fingerprint density at radius 3 is 2.61 bits per heavy atom. The Morgan fingerprint density at radius 1 is 1.29 bits per heavy atom. The molecule has 0 unspecified atom stereocenters. The van der Waals surface area contributed by atoms with Crippen LogP contribution in [0.25, 0.3) is 11.0 Å². The standard InChI is InChI=1S/C20H22ClN5O2/c1-11(2)26-18-14(9-16(21)19(26)28)10-22-20(24-18)23-17-7-6-15(8-12(17)3)25(5)13(4)27/h6-11H,1-5H3,(H,22,23,24). The Morgan fingerprint density at radius 2 is 2.00 bits per heavy atom. The molecule has 0 aliphatic rings. The number of carbonyl (C=O) groups excluding carboxylic acids is 1. The maximum absolute atomic E-state index is 12.4. The lowest BCUT2D eigenvalue weighted by atomic mass is 10.1. The van der Waals surface area contributed by atoms with Crippen molar-refractivity contribution in [3.8, 4) is 0 Å². The summed E-state index contributed by atoms with van der Waals surface area (Å²) in [6, 6.07) is 7.12. The molecule has 0 saturated carbocycles. The van der Waals surface area contributed by atoms with E-state index in [0.717, 1.165) is 16.9 Å². The molecule has 0 atom stereocenters. The fraction of sp³-hybridized carbons (Fsp3) is 0.300. The van der Waals surface area contributed by atoms with Crippen LogP contribution in [0.15, 0.2) is 35.3 Å². The number of halogens is 1. The maximum Gasteiger partial charge on any atom is 0.271 e. The molecule has 3 rings (SSSR count). The molecule has 7 nitrogen and oxygen atoms in total. The molecule has 2 heterocycles. The Balaban J connectivity index is 2.01. The Hall–Kier alpha value is -2.93. The van der Waals surface area contributed by atoms with Crippen LogP contribution < -0.4 is 15.8 Å². The fourth-order valence-electron chi connectivity index (χ4n) is 2.92. The van der Waals surface area contributed by atoms with Gasteiger partial charge in [0.15, 0.2) is 0 Å². The molecule has 28 heavy (non-hydrogen) atoms. The number of rotatable bonds is 4. The number of anilines is 3. The van der Waals surface area contributed by atoms with Gasteiger partial charge in [0, 0.05) is 43.0 Å². The summed E-state index contributed by atoms with van der Waals surface area (Å²) in [6.07, 6.45) is 1.64. The second-order valence-electron chi connectivity index (χ2n) is 6.94. The largest absolute Gasteiger partial charge is 0.324 e. The van der Waals surface area contributed by atoms with E-state index in [1.54, 1.807) is 28.8 Å². The van der Waals surface area contributed by atoms with Gasteiger partial charge in [-0.1, -0.05) is 11.6 Å². The van der Waals surface area contributed by atoms with Crippen molar-refractivity contribution in [3.63, 3.8) is 0 Å². The number of aromatic nitrogens is 3. The number of amides is 1. The van der Waals surface area contributed by atoms with Crippen LogP contribution in [-0.2, 0) is 4.79 Å². The third kappa shape index (κ3) is 3.71. The molecule has 1 N–H and O–H groups in total. The predicted octanol–water partition coefficient (Wildman–Crippen LogP) is 4.06. The molecule has 1 aromatic carbocycles. The van der Waals surface area contributed by atoms with E-state index >= 15 is 0 Å². The van der Waals surface area contributed by atoms with Crippen LogP contribution in [-0.4, -0.2) is 27.5 Å². The van der Waals surface area contributed by atoms with Crippen molar-refractivity contribution in [2.75, 3.05) is 17.3 Å². The second kappa shape index (κ2) is 7.59. The minimum absolute atomic E-state index is 0.0386. The number of aryl methyl sites for hydroxylation is 1. The molecular weight excluding hydrogens is 378 g/mol. The van der Waals surface area contributed by atoms with Crippen LogP contribution in [0, 0.1) is 6.92 Å². The SMILES string of the molecule is CC(=O)N(C)c1ccc(Nc2ncc3cc(Cl)c(=O)n(C(C)C)c3n2)c(C)c1. The van der Waals surface area contributed by atoms with Gasteiger partial charge in [-0.05, 0) is 50.6 Å². The minimum Gasteiger partial charge on any atom is -0.324 e. The van der Waals surface area contributed by atoms with Crippen molar-refractivity contribution < 1.29 is 4.79 Å². The van der Waals surface area contributed by atoms with E-state index in [1.807, 2.05) is 39.0 Å². The average Bonchev–Trinajstić information content (AvgIpc) is 2.63. The quantitative estimate of drug-likeness (QED) is 0.715. The fourth-order valence-corrected chi connectivity index (χ4v) is 3.13. The first-order chi connectivity index (χ1) is 13.2. The summed E-state index contributed by atoms with van der Waals surface area (Å²) in [5.74, 6) is 0.336. The van der Waals surface area contributed by atoms with Gasteiger partial charge in [0.1, 0.15) is 10.7 Å². The number of nitrogens with zero attached hydrogens (tertiary/aromatic N) is 4. The number of hydrogen-bond donors (Lipinski definition) is 1. The molecule has 0 radical (unpaired) electrons. The summed E-state index contributed by atoms with van der Waals surface area (Å²) in [5.41, 5.74) is 2.80. The van der Waals surface area contributed by atoms with Crippen LogP contribution in [0.5, 0.6) is 0 Å². The molecular formula is C20H22ClN5O2. The molecule has 0 bridgehead atoms. The lowest BCUT2D eigenvalue weighted by molar-refractivity contribution is -0.116. The van der Waals surface area contributed by atoms with Gasteiger partial charge in [0.05, 0.1) is 0 Å². The minimum atomic E-state index is -0.276. The lowest BCUT2D eigenvalue weighted by Crippen LogP contribution is -2.23. The molecule has 8 heteroatoms. The first-order valence-corrected chi connectivity index (χ1v) is 9.26. The molecule has 0 aliphatic carbocycles. The number of hydrogen-bond acceptors (Lipinski definition) is 5. The summed E-state index contributed by atoms with van der Waals surface area (Å²) < 4.78 is 1.56. The summed E-state index contributed by atoms with van der Waals surface area (Å²) in [4.78, 5) is 34.4. The Kier molecular flexibility index (Phi) is 5.38. The third-order valence-corrected chi connectivity index (χ3v) is 4.83. The Bertz CT molecular complexity index is 1120. The van der Waals surface area contributed by atoms with Crippen LogP contribution in [0.4, 0.5) is 17.3 Å². The third-order valence-electron chi connectivity index (χ3n) is 4.56. The Labute approximate surface area is 168 Å². The number of fused-ring (bicyclic) bond motifs is 1. The van der Waals surface area contributed by atoms with Gasteiger partial charge in [0.25, 0.3) is 5.56 Å². The first kappa shape index (κ1) is 19.8. The number of carbonyl (C=O) groups is 1. The van der Waals surface area contributed by atoms with Crippen molar-refractivity contribution >= 4 is 45.9 Å². The average molecular weight is 400 g/mol. The van der Waals surface area contributed by atoms with Crippen molar-refractivity contribution in [1.29, 1.82) is 0 Å². The van der Waals surface area contributed by atoms with Crippen LogP contribution >= 0.6 is 11.6 Å². The van der Waals surface area contributed by atoms with Crippen LogP contribution in [0.1, 0.15) is 32.4 Å². The van der Waals surface area contributed by atoms with E-state index < -0.39 is 0 Å². The summed E-state index contributed by atoms with van der Waals surface area (Å²) in [5, 5.41) is 4.02. The predicted molar refractivity (Wildman–Crippen MR) is 113 cm³/mol. The molecule has 0 spiro atoms. The molecule has 3 aromatic rings. The lowest BCUT2D eigenvalue weighted by Gasteiger charge is -2.18. The highest BCUT2D eigenvalue weighted by Gasteiger charge is 2.14. The summed E-state index contributed by atoms with van der Waals surface area (Å²) >= 11 is 6.06. The van der Waals surface area contributed by atoms with Gasteiger partial charge in [-0.3, -0.25) is 14.2 Å². The zero-order valence-electron chi connectivity index (χ0n) is 16.4.